The van der Waals surface area contributed by atoms with Crippen molar-refractivity contribution in [3.05, 3.63) is 76.5 Å². The minimum atomic E-state index is 0.645. The highest BCUT2D eigenvalue weighted by Gasteiger charge is 2.01. The van der Waals surface area contributed by atoms with E-state index in [-0.39, 0.29) is 0 Å². The second-order valence-corrected chi connectivity index (χ2v) is 6.48. The third kappa shape index (κ3) is 4.46. The number of para-hydroxylation sites is 1. The van der Waals surface area contributed by atoms with Gasteiger partial charge < -0.3 is 10.1 Å². The summed E-state index contributed by atoms with van der Waals surface area (Å²) in [7, 11) is 0. The van der Waals surface area contributed by atoms with Gasteiger partial charge in [-0.3, -0.25) is 0 Å². The molecule has 3 rings (SSSR count). The van der Waals surface area contributed by atoms with Crippen LogP contribution in [0.5, 0.6) is 5.75 Å². The van der Waals surface area contributed by atoms with Crippen LogP contribution >= 0.6 is 15.9 Å². The van der Waals surface area contributed by atoms with Crippen molar-refractivity contribution in [2.45, 2.75) is 13.5 Å². The second-order valence-electron chi connectivity index (χ2n) is 5.56. The number of aryl methyl sites for hydroxylation is 1. The third-order valence-electron chi connectivity index (χ3n) is 3.69. The van der Waals surface area contributed by atoms with Crippen molar-refractivity contribution in [2.75, 3.05) is 13.2 Å². The fourth-order valence-corrected chi connectivity index (χ4v) is 2.63. The minimum Gasteiger partial charge on any atom is -0.492 e. The monoisotopic (exact) mass is 385 g/mol. The van der Waals surface area contributed by atoms with Crippen LogP contribution in [-0.2, 0) is 6.54 Å². The molecule has 3 aromatic rings. The van der Waals surface area contributed by atoms with Crippen molar-refractivity contribution in [2.24, 2.45) is 0 Å². The van der Waals surface area contributed by atoms with E-state index in [4.69, 9.17) is 4.74 Å². The summed E-state index contributed by atoms with van der Waals surface area (Å²) >= 11 is 3.44. The summed E-state index contributed by atoms with van der Waals surface area (Å²) in [6.07, 6.45) is 3.93. The molecule has 0 saturated carbocycles. The Kier molecular flexibility index (Phi) is 5.67. The van der Waals surface area contributed by atoms with E-state index in [1.165, 1.54) is 0 Å². The fraction of sp³-hybridized carbons (Fsp3) is 0.211. The van der Waals surface area contributed by atoms with Crippen LogP contribution in [0.15, 0.2) is 65.4 Å². The van der Waals surface area contributed by atoms with Gasteiger partial charge >= 0.3 is 0 Å². The van der Waals surface area contributed by atoms with Crippen LogP contribution < -0.4 is 10.1 Å². The molecule has 0 saturated heterocycles. The first-order valence-electron chi connectivity index (χ1n) is 7.91. The zero-order valence-electron chi connectivity index (χ0n) is 13.6. The van der Waals surface area contributed by atoms with Gasteiger partial charge in [0.2, 0.25) is 0 Å². The number of aromatic nitrogens is 2. The topological polar surface area (TPSA) is 39.1 Å². The SMILES string of the molecule is Cc1ccccc1OCCNCc1cnn(-c2ccc(Br)cc2)c1. The molecule has 0 radical (unpaired) electrons. The minimum absolute atomic E-state index is 0.645. The van der Waals surface area contributed by atoms with E-state index in [9.17, 15) is 0 Å². The molecular formula is C19H20BrN3O. The highest BCUT2D eigenvalue weighted by Crippen LogP contribution is 2.16. The van der Waals surface area contributed by atoms with Crippen molar-refractivity contribution in [3.8, 4) is 11.4 Å². The number of benzene rings is 2. The van der Waals surface area contributed by atoms with Crippen molar-refractivity contribution in [3.63, 3.8) is 0 Å². The highest BCUT2D eigenvalue weighted by molar-refractivity contribution is 9.10. The molecular weight excluding hydrogens is 366 g/mol. The predicted molar refractivity (Wildman–Crippen MR) is 99.6 cm³/mol. The molecule has 0 bridgehead atoms. The standard InChI is InChI=1S/C19H20BrN3O/c1-15-4-2-3-5-19(15)24-11-10-21-12-16-13-22-23(14-16)18-8-6-17(20)7-9-18/h2-9,13-14,21H,10-12H2,1H3. The number of hydrogen-bond donors (Lipinski definition) is 1. The Bertz CT molecular complexity index is 783. The highest BCUT2D eigenvalue weighted by atomic mass is 79.9. The molecule has 0 aliphatic rings. The van der Waals surface area contributed by atoms with Gasteiger partial charge in [-0.05, 0) is 42.8 Å². The molecule has 0 fully saturated rings. The Morgan fingerprint density at radius 3 is 2.71 bits per heavy atom. The summed E-state index contributed by atoms with van der Waals surface area (Å²) in [5.74, 6) is 0.947. The summed E-state index contributed by atoms with van der Waals surface area (Å²) in [4.78, 5) is 0. The lowest BCUT2D eigenvalue weighted by molar-refractivity contribution is 0.311. The number of ether oxygens (including phenoxy) is 1. The van der Waals surface area contributed by atoms with E-state index < -0.39 is 0 Å². The van der Waals surface area contributed by atoms with Crippen molar-refractivity contribution >= 4 is 15.9 Å². The first-order chi connectivity index (χ1) is 11.7. The van der Waals surface area contributed by atoms with Gasteiger partial charge in [-0.25, -0.2) is 4.68 Å². The molecule has 0 aliphatic heterocycles. The first-order valence-corrected chi connectivity index (χ1v) is 8.70. The molecule has 2 aromatic carbocycles. The molecule has 0 spiro atoms. The van der Waals surface area contributed by atoms with Crippen LogP contribution in [0.25, 0.3) is 5.69 Å². The lowest BCUT2D eigenvalue weighted by atomic mass is 10.2. The van der Waals surface area contributed by atoms with Crippen molar-refractivity contribution < 1.29 is 4.74 Å². The van der Waals surface area contributed by atoms with Gasteiger partial charge in [0.05, 0.1) is 11.9 Å². The van der Waals surface area contributed by atoms with Gasteiger partial charge in [0.15, 0.2) is 0 Å². The third-order valence-corrected chi connectivity index (χ3v) is 4.22. The first kappa shape index (κ1) is 16.7. The van der Waals surface area contributed by atoms with Crippen molar-refractivity contribution in [1.82, 2.24) is 15.1 Å². The molecule has 0 atom stereocenters. The molecule has 5 heteroatoms. The van der Waals surface area contributed by atoms with Crippen LogP contribution in [-0.4, -0.2) is 22.9 Å². The number of nitrogens with one attached hydrogen (secondary N) is 1. The molecule has 1 aromatic heterocycles. The molecule has 1 N–H and O–H groups in total. The summed E-state index contributed by atoms with van der Waals surface area (Å²) in [5.41, 5.74) is 3.36. The summed E-state index contributed by atoms with van der Waals surface area (Å²) in [6.45, 7) is 4.26. The average Bonchev–Trinajstić information content (AvgIpc) is 3.06. The van der Waals surface area contributed by atoms with Crippen LogP contribution in [0.3, 0.4) is 0 Å². The molecule has 0 unspecified atom stereocenters. The normalized spacial score (nSPS) is 10.8. The lowest BCUT2D eigenvalue weighted by Crippen LogP contribution is -2.20. The van der Waals surface area contributed by atoms with E-state index in [1.54, 1.807) is 0 Å². The van der Waals surface area contributed by atoms with Gasteiger partial charge in [-0.2, -0.15) is 5.10 Å². The maximum absolute atomic E-state index is 5.77. The maximum atomic E-state index is 5.77. The summed E-state index contributed by atoms with van der Waals surface area (Å²) in [5, 5.41) is 7.78. The van der Waals surface area contributed by atoms with Crippen molar-refractivity contribution in [1.29, 1.82) is 0 Å². The summed E-state index contributed by atoms with van der Waals surface area (Å²) < 4.78 is 8.72. The molecule has 4 nitrogen and oxygen atoms in total. The van der Waals surface area contributed by atoms with Gasteiger partial charge in [0.25, 0.3) is 0 Å². The Balaban J connectivity index is 1.44. The molecule has 1 heterocycles. The zero-order chi connectivity index (χ0) is 16.8. The second kappa shape index (κ2) is 8.13. The average molecular weight is 386 g/mol. The van der Waals surface area contributed by atoms with Crippen LogP contribution in [0, 0.1) is 6.92 Å². The lowest BCUT2D eigenvalue weighted by Gasteiger charge is -2.09. The Morgan fingerprint density at radius 1 is 1.12 bits per heavy atom. The van der Waals surface area contributed by atoms with E-state index in [1.807, 2.05) is 59.5 Å². The fourth-order valence-electron chi connectivity index (χ4n) is 2.37. The van der Waals surface area contributed by atoms with Gasteiger partial charge in [-0.15, -0.1) is 0 Å². The summed E-state index contributed by atoms with van der Waals surface area (Å²) in [6, 6.07) is 16.1. The van der Waals surface area contributed by atoms with E-state index >= 15 is 0 Å². The molecule has 24 heavy (non-hydrogen) atoms. The maximum Gasteiger partial charge on any atom is 0.122 e. The van der Waals surface area contributed by atoms with E-state index in [0.717, 1.165) is 40.1 Å². The van der Waals surface area contributed by atoms with Gasteiger partial charge in [0.1, 0.15) is 12.4 Å². The van der Waals surface area contributed by atoms with Gasteiger partial charge in [-0.1, -0.05) is 34.1 Å². The Morgan fingerprint density at radius 2 is 1.92 bits per heavy atom. The molecule has 0 aliphatic carbocycles. The molecule has 0 amide bonds. The van der Waals surface area contributed by atoms with E-state index in [2.05, 4.69) is 39.3 Å². The van der Waals surface area contributed by atoms with E-state index in [0.29, 0.717) is 6.61 Å². The Labute approximate surface area is 150 Å². The predicted octanol–water partition coefficient (Wildman–Crippen LogP) is 4.11. The number of hydrogen-bond acceptors (Lipinski definition) is 3. The smallest absolute Gasteiger partial charge is 0.122 e. The largest absolute Gasteiger partial charge is 0.492 e. The van der Waals surface area contributed by atoms with Crippen LogP contribution in [0.1, 0.15) is 11.1 Å². The van der Waals surface area contributed by atoms with Crippen LogP contribution in [0.2, 0.25) is 0 Å². The number of nitrogens with zero attached hydrogens (tertiary/aromatic N) is 2. The zero-order valence-corrected chi connectivity index (χ0v) is 15.2. The van der Waals surface area contributed by atoms with Gasteiger partial charge in [0, 0.05) is 29.3 Å². The van der Waals surface area contributed by atoms with Crippen LogP contribution in [0.4, 0.5) is 0 Å². The Hall–Kier alpha value is -2.11. The number of halogens is 1. The number of rotatable bonds is 7. The quantitative estimate of drug-likeness (QED) is 0.621. The molecule has 124 valence electrons.